The second-order valence-electron chi connectivity index (χ2n) is 13.1. The number of hydrogen-bond donors (Lipinski definition) is 0. The van der Waals surface area contributed by atoms with Crippen LogP contribution in [0.15, 0.2) is 146 Å². The molecule has 2 heterocycles. The van der Waals surface area contributed by atoms with E-state index in [0.717, 1.165) is 82.5 Å². The lowest BCUT2D eigenvalue weighted by Crippen LogP contribution is -2.54. The molecule has 12 heteroatoms. The lowest BCUT2D eigenvalue weighted by molar-refractivity contribution is -0.288. The molecule has 0 unspecified atom stereocenters. The van der Waals surface area contributed by atoms with Crippen LogP contribution in [0.5, 0.6) is 34.5 Å². The molecule has 2 aliphatic heterocycles. The molecule has 6 aromatic rings. The Balaban J connectivity index is 0.975. The molecule has 0 fully saturated rings. The van der Waals surface area contributed by atoms with E-state index in [2.05, 4.69) is 0 Å². The number of nitrogens with zero attached hydrogens (tertiary/aromatic N) is 2. The monoisotopic (exact) mass is 754 g/mol. The third-order valence-electron chi connectivity index (χ3n) is 9.72. The molecule has 0 saturated heterocycles. The Labute approximate surface area is 312 Å². The predicted octanol–water partition coefficient (Wildman–Crippen LogP) is 11.4. The van der Waals surface area contributed by atoms with Crippen LogP contribution in [0.25, 0.3) is 0 Å². The van der Waals surface area contributed by atoms with Crippen molar-refractivity contribution in [3.63, 3.8) is 0 Å². The Morgan fingerprint density at radius 3 is 1.09 bits per heavy atom. The average Bonchev–Trinajstić information content (AvgIpc) is 3.18. The largest absolute Gasteiger partial charge is 0.473 e. The molecule has 2 aliphatic rings. The minimum absolute atomic E-state index is 0.0670. The van der Waals surface area contributed by atoms with Gasteiger partial charge in [-0.05, 0) is 96.1 Å². The van der Waals surface area contributed by atoms with Crippen molar-refractivity contribution in [2.24, 2.45) is 0 Å². The van der Waals surface area contributed by atoms with Gasteiger partial charge in [0.05, 0.1) is 0 Å². The van der Waals surface area contributed by atoms with E-state index in [9.17, 15) is 26.3 Å². The van der Waals surface area contributed by atoms with Crippen LogP contribution in [0.3, 0.4) is 0 Å². The highest BCUT2D eigenvalue weighted by Gasteiger charge is 2.72. The molecule has 280 valence electrons. The molecule has 0 aromatic heterocycles. The van der Waals surface area contributed by atoms with E-state index in [1.165, 1.54) is 0 Å². The van der Waals surface area contributed by atoms with E-state index in [1.807, 2.05) is 58.3 Å². The van der Waals surface area contributed by atoms with Crippen molar-refractivity contribution in [1.29, 1.82) is 0 Å². The Morgan fingerprint density at radius 1 is 0.418 bits per heavy atom. The number of alkyl halides is 6. The molecule has 55 heavy (non-hydrogen) atoms. The fourth-order valence-electron chi connectivity index (χ4n) is 6.93. The predicted molar refractivity (Wildman–Crippen MR) is 195 cm³/mol. The molecule has 8 rings (SSSR count). The molecular weight excluding hydrogens is 722 g/mol. The maximum absolute atomic E-state index is 14.9. The lowest BCUT2D eigenvalue weighted by Gasteiger charge is -2.38. The Kier molecular flexibility index (Phi) is 9.20. The summed E-state index contributed by atoms with van der Waals surface area (Å²) in [6, 6.07) is 36.9. The number of ether oxygens (including phenoxy) is 4. The van der Waals surface area contributed by atoms with Gasteiger partial charge in [-0.1, -0.05) is 60.7 Å². The van der Waals surface area contributed by atoms with E-state index in [1.54, 1.807) is 48.5 Å². The van der Waals surface area contributed by atoms with Crippen LogP contribution in [0, 0.1) is 0 Å². The quantitative estimate of drug-likeness (QED) is 0.144. The maximum Gasteiger partial charge on any atom is 0.411 e. The van der Waals surface area contributed by atoms with Gasteiger partial charge in [0.25, 0.3) is 0 Å². The zero-order valence-corrected chi connectivity index (χ0v) is 29.0. The molecule has 0 bridgehead atoms. The normalized spacial score (nSPS) is 14.3. The highest BCUT2D eigenvalue weighted by atomic mass is 19.4. The van der Waals surface area contributed by atoms with Crippen LogP contribution in [0.4, 0.5) is 37.7 Å². The summed E-state index contributed by atoms with van der Waals surface area (Å²) in [6.07, 6.45) is -11.5. The number of anilines is 2. The number of halogens is 6. The molecule has 0 radical (unpaired) electrons. The first-order valence-electron chi connectivity index (χ1n) is 17.3. The zero-order valence-electron chi connectivity index (χ0n) is 29.0. The van der Waals surface area contributed by atoms with Crippen molar-refractivity contribution >= 4 is 11.4 Å². The summed E-state index contributed by atoms with van der Waals surface area (Å²) in [5.74, 6) is 2.48. The first kappa shape index (κ1) is 35.7. The lowest BCUT2D eigenvalue weighted by atomic mass is 9.73. The molecule has 0 saturated carbocycles. The van der Waals surface area contributed by atoms with Gasteiger partial charge in [0.15, 0.2) is 13.5 Å². The van der Waals surface area contributed by atoms with Gasteiger partial charge >= 0.3 is 12.4 Å². The van der Waals surface area contributed by atoms with Crippen molar-refractivity contribution in [1.82, 2.24) is 0 Å². The summed E-state index contributed by atoms with van der Waals surface area (Å²) < 4.78 is 113. The Hall–Kier alpha value is -6.30. The second kappa shape index (κ2) is 14.2. The molecule has 0 N–H and O–H groups in total. The van der Waals surface area contributed by atoms with Gasteiger partial charge < -0.3 is 28.7 Å². The fourth-order valence-corrected chi connectivity index (χ4v) is 6.93. The van der Waals surface area contributed by atoms with Crippen molar-refractivity contribution in [2.45, 2.75) is 30.9 Å². The standard InChI is InChI=1S/C43H32F6N2O4/c44-42(45,46)41(43(47,48)49,31-9-17-35(18-10-31)54-37-21-13-33(14-22-37)50-25-29-5-1-3-7-39(29)52-27-50)32-11-19-36(20-12-32)55-38-23-15-34(16-24-38)51-26-30-6-2-4-8-40(30)53-28-51/h1-24H,25-28H2. The summed E-state index contributed by atoms with van der Waals surface area (Å²) in [6.45, 7) is 1.95. The summed E-state index contributed by atoms with van der Waals surface area (Å²) in [5, 5.41) is 0. The molecular formula is C43H32F6N2O4. The first-order chi connectivity index (χ1) is 26.5. The molecule has 6 nitrogen and oxygen atoms in total. The Morgan fingerprint density at radius 2 is 0.745 bits per heavy atom. The smallest absolute Gasteiger partial charge is 0.411 e. The van der Waals surface area contributed by atoms with Crippen LogP contribution in [0.2, 0.25) is 0 Å². The van der Waals surface area contributed by atoms with Crippen molar-refractivity contribution in [3.8, 4) is 34.5 Å². The van der Waals surface area contributed by atoms with Crippen molar-refractivity contribution in [3.05, 3.63) is 168 Å². The maximum atomic E-state index is 14.9. The zero-order chi connectivity index (χ0) is 38.2. The summed E-state index contributed by atoms with van der Waals surface area (Å²) >= 11 is 0. The van der Waals surface area contributed by atoms with Gasteiger partial charge in [-0.15, -0.1) is 0 Å². The van der Waals surface area contributed by atoms with Gasteiger partial charge in [0.2, 0.25) is 5.41 Å². The van der Waals surface area contributed by atoms with Gasteiger partial charge in [-0.2, -0.15) is 26.3 Å². The van der Waals surface area contributed by atoms with Crippen molar-refractivity contribution in [2.75, 3.05) is 23.3 Å². The van der Waals surface area contributed by atoms with Crippen LogP contribution >= 0.6 is 0 Å². The van der Waals surface area contributed by atoms with Gasteiger partial charge in [-0.3, -0.25) is 0 Å². The molecule has 0 atom stereocenters. The van der Waals surface area contributed by atoms with Crippen LogP contribution in [0.1, 0.15) is 22.3 Å². The summed E-state index contributed by atoms with van der Waals surface area (Å²) in [5.41, 5.74) is -2.58. The number of fused-ring (bicyclic) bond motifs is 2. The minimum Gasteiger partial charge on any atom is -0.473 e. The van der Waals surface area contributed by atoms with E-state index in [4.69, 9.17) is 18.9 Å². The topological polar surface area (TPSA) is 43.4 Å². The SMILES string of the molecule is FC(F)(F)C(c1ccc(Oc2ccc(N3COc4ccccc4C3)cc2)cc1)(c1ccc(Oc2ccc(N3COc4ccccc4C3)cc2)cc1)C(F)(F)F. The third-order valence-corrected chi connectivity index (χ3v) is 9.72. The molecule has 0 spiro atoms. The second-order valence-corrected chi connectivity index (χ2v) is 13.1. The molecule has 0 aliphatic carbocycles. The third kappa shape index (κ3) is 6.95. The van der Waals surface area contributed by atoms with E-state index in [0.29, 0.717) is 38.1 Å². The first-order valence-corrected chi connectivity index (χ1v) is 17.3. The van der Waals surface area contributed by atoms with E-state index >= 15 is 0 Å². The van der Waals surface area contributed by atoms with Gasteiger partial charge in [0, 0.05) is 35.6 Å². The summed E-state index contributed by atoms with van der Waals surface area (Å²) in [7, 11) is 0. The van der Waals surface area contributed by atoms with E-state index in [-0.39, 0.29) is 11.5 Å². The van der Waals surface area contributed by atoms with Gasteiger partial charge in [0.1, 0.15) is 34.5 Å². The Bertz CT molecular complexity index is 2100. The summed E-state index contributed by atoms with van der Waals surface area (Å²) in [4.78, 5) is 4.02. The van der Waals surface area contributed by atoms with Crippen LogP contribution < -0.4 is 28.7 Å². The number of hydrogen-bond acceptors (Lipinski definition) is 6. The molecule has 0 amide bonds. The van der Waals surface area contributed by atoms with Gasteiger partial charge in [-0.25, -0.2) is 0 Å². The van der Waals surface area contributed by atoms with E-state index < -0.39 is 28.9 Å². The average molecular weight is 755 g/mol. The fraction of sp³-hybridized carbons (Fsp3) is 0.163. The number of rotatable bonds is 8. The minimum atomic E-state index is -5.75. The van der Waals surface area contributed by atoms with Crippen LogP contribution in [-0.4, -0.2) is 25.8 Å². The van der Waals surface area contributed by atoms with Crippen molar-refractivity contribution < 1.29 is 45.3 Å². The highest BCUT2D eigenvalue weighted by Crippen LogP contribution is 2.56. The van der Waals surface area contributed by atoms with Crippen LogP contribution in [-0.2, 0) is 18.5 Å². The molecule has 6 aromatic carbocycles. The number of benzene rings is 6. The highest BCUT2D eigenvalue weighted by molar-refractivity contribution is 5.54. The number of para-hydroxylation sites is 2.